The fourth-order valence-corrected chi connectivity index (χ4v) is 1.72. The summed E-state index contributed by atoms with van der Waals surface area (Å²) in [5, 5.41) is 0. The summed E-state index contributed by atoms with van der Waals surface area (Å²) >= 11 is 5.85. The van der Waals surface area contributed by atoms with Crippen molar-refractivity contribution in [3.8, 4) is 0 Å². The van der Waals surface area contributed by atoms with E-state index in [1.165, 1.54) is 12.8 Å². The second-order valence-electron chi connectivity index (χ2n) is 3.78. The Labute approximate surface area is 81.4 Å². The third-order valence-corrected chi connectivity index (χ3v) is 2.42. The van der Waals surface area contributed by atoms with Crippen LogP contribution in [0.15, 0.2) is 0 Å². The van der Waals surface area contributed by atoms with Gasteiger partial charge in [0, 0.05) is 19.6 Å². The molecular weight excluding hydrogens is 172 g/mol. The van der Waals surface area contributed by atoms with Crippen LogP contribution in [0, 0.1) is 11.8 Å². The molecule has 0 saturated carbocycles. The molecule has 0 bridgehead atoms. The maximum Gasteiger partial charge on any atom is 0.0462 e. The van der Waals surface area contributed by atoms with Gasteiger partial charge in [0.05, 0.1) is 0 Å². The first-order valence-corrected chi connectivity index (χ1v) is 5.29. The van der Waals surface area contributed by atoms with Crippen LogP contribution in [0.4, 0.5) is 0 Å². The lowest BCUT2D eigenvalue weighted by atomic mass is 9.95. The van der Waals surface area contributed by atoms with Gasteiger partial charge >= 0.3 is 0 Å². The summed E-state index contributed by atoms with van der Waals surface area (Å²) in [4.78, 5) is 0. The fourth-order valence-electron chi connectivity index (χ4n) is 1.44. The maximum absolute atomic E-state index is 5.85. The van der Waals surface area contributed by atoms with Crippen molar-refractivity contribution < 1.29 is 4.74 Å². The average Bonchev–Trinajstić information content (AvgIpc) is 2.02. The molecule has 0 aromatic rings. The van der Waals surface area contributed by atoms with Crippen LogP contribution in [0.3, 0.4) is 0 Å². The van der Waals surface area contributed by atoms with Gasteiger partial charge in [0.1, 0.15) is 0 Å². The largest absolute Gasteiger partial charge is 0.385 e. The molecule has 1 atom stereocenters. The van der Waals surface area contributed by atoms with Gasteiger partial charge < -0.3 is 4.74 Å². The van der Waals surface area contributed by atoms with E-state index in [2.05, 4.69) is 13.8 Å². The molecule has 0 fully saturated rings. The molecule has 0 saturated heterocycles. The van der Waals surface area contributed by atoms with E-state index in [0.29, 0.717) is 5.92 Å². The molecule has 0 radical (unpaired) electrons. The predicted octanol–water partition coefficient (Wildman–Crippen LogP) is 3.31. The van der Waals surface area contributed by atoms with E-state index >= 15 is 0 Å². The molecule has 0 heterocycles. The van der Waals surface area contributed by atoms with Crippen molar-refractivity contribution in [2.45, 2.75) is 33.1 Å². The van der Waals surface area contributed by atoms with Crippen LogP contribution in [0.5, 0.6) is 0 Å². The summed E-state index contributed by atoms with van der Waals surface area (Å²) in [6, 6.07) is 0. The summed E-state index contributed by atoms with van der Waals surface area (Å²) in [6.45, 7) is 5.36. The molecular formula is C10H21ClO. The van der Waals surface area contributed by atoms with Gasteiger partial charge in [-0.25, -0.2) is 0 Å². The molecule has 1 nitrogen and oxygen atoms in total. The highest BCUT2D eigenvalue weighted by Crippen LogP contribution is 2.18. The molecule has 0 aliphatic carbocycles. The van der Waals surface area contributed by atoms with Gasteiger partial charge in [-0.2, -0.15) is 0 Å². The van der Waals surface area contributed by atoms with E-state index in [1.807, 2.05) is 0 Å². The van der Waals surface area contributed by atoms with Gasteiger partial charge in [0.15, 0.2) is 0 Å². The summed E-state index contributed by atoms with van der Waals surface area (Å²) < 4.78 is 5.00. The first-order chi connectivity index (χ1) is 5.70. The highest BCUT2D eigenvalue weighted by Gasteiger charge is 2.08. The van der Waals surface area contributed by atoms with Crippen molar-refractivity contribution >= 4 is 11.6 Å². The molecule has 0 aromatic carbocycles. The lowest BCUT2D eigenvalue weighted by Gasteiger charge is -2.15. The van der Waals surface area contributed by atoms with Gasteiger partial charge in [0.25, 0.3) is 0 Å². The Kier molecular flexibility index (Phi) is 8.04. The van der Waals surface area contributed by atoms with Crippen molar-refractivity contribution in [3.05, 3.63) is 0 Å². The van der Waals surface area contributed by atoms with Crippen LogP contribution in [0.1, 0.15) is 33.1 Å². The standard InChI is InChI=1S/C10H21ClO/c1-9(2)7-10(8-11)5-4-6-12-3/h9-10H,4-8H2,1-3H3. The number of hydrogen-bond donors (Lipinski definition) is 0. The number of halogens is 1. The number of methoxy groups -OCH3 is 1. The van der Waals surface area contributed by atoms with Crippen LogP contribution >= 0.6 is 11.6 Å². The van der Waals surface area contributed by atoms with Crippen molar-refractivity contribution in [3.63, 3.8) is 0 Å². The SMILES string of the molecule is COCCCC(CCl)CC(C)C. The van der Waals surface area contributed by atoms with Crippen molar-refractivity contribution in [2.75, 3.05) is 19.6 Å². The molecule has 0 N–H and O–H groups in total. The van der Waals surface area contributed by atoms with Crippen molar-refractivity contribution in [1.82, 2.24) is 0 Å². The average molecular weight is 193 g/mol. The molecule has 0 aromatic heterocycles. The molecule has 1 unspecified atom stereocenters. The van der Waals surface area contributed by atoms with Crippen LogP contribution in [-0.4, -0.2) is 19.6 Å². The van der Waals surface area contributed by atoms with E-state index in [0.717, 1.165) is 24.8 Å². The third kappa shape index (κ3) is 6.93. The van der Waals surface area contributed by atoms with Gasteiger partial charge in [-0.3, -0.25) is 0 Å². The zero-order valence-electron chi connectivity index (χ0n) is 8.48. The molecule has 12 heavy (non-hydrogen) atoms. The number of alkyl halides is 1. The molecule has 0 spiro atoms. The van der Waals surface area contributed by atoms with E-state index in [1.54, 1.807) is 7.11 Å². The first kappa shape index (κ1) is 12.2. The quantitative estimate of drug-likeness (QED) is 0.444. The third-order valence-electron chi connectivity index (χ3n) is 1.98. The highest BCUT2D eigenvalue weighted by molar-refractivity contribution is 6.18. The molecule has 0 aliphatic heterocycles. The molecule has 2 heteroatoms. The second-order valence-corrected chi connectivity index (χ2v) is 4.09. The molecule has 0 aliphatic rings. The van der Waals surface area contributed by atoms with Gasteiger partial charge in [-0.05, 0) is 31.1 Å². The van der Waals surface area contributed by atoms with Gasteiger partial charge in [0.2, 0.25) is 0 Å². The number of ether oxygens (including phenoxy) is 1. The van der Waals surface area contributed by atoms with Crippen LogP contribution in [0.25, 0.3) is 0 Å². The van der Waals surface area contributed by atoms with Crippen molar-refractivity contribution in [1.29, 1.82) is 0 Å². The number of hydrogen-bond acceptors (Lipinski definition) is 1. The normalized spacial score (nSPS) is 13.8. The van der Waals surface area contributed by atoms with Crippen LogP contribution in [0.2, 0.25) is 0 Å². The fraction of sp³-hybridized carbons (Fsp3) is 1.00. The Morgan fingerprint density at radius 1 is 1.33 bits per heavy atom. The Morgan fingerprint density at radius 3 is 2.42 bits per heavy atom. The Balaban J connectivity index is 3.39. The Bertz CT molecular complexity index is 93.8. The monoisotopic (exact) mass is 192 g/mol. The Morgan fingerprint density at radius 2 is 2.00 bits per heavy atom. The zero-order chi connectivity index (χ0) is 9.40. The van der Waals surface area contributed by atoms with E-state index in [4.69, 9.17) is 16.3 Å². The lowest BCUT2D eigenvalue weighted by Crippen LogP contribution is -2.07. The second kappa shape index (κ2) is 7.88. The maximum atomic E-state index is 5.85. The van der Waals surface area contributed by atoms with Gasteiger partial charge in [-0.1, -0.05) is 13.8 Å². The molecule has 74 valence electrons. The summed E-state index contributed by atoms with van der Waals surface area (Å²) in [5.41, 5.74) is 0. The van der Waals surface area contributed by atoms with Gasteiger partial charge in [-0.15, -0.1) is 11.6 Å². The van der Waals surface area contributed by atoms with E-state index in [9.17, 15) is 0 Å². The Hall–Kier alpha value is 0.250. The van der Waals surface area contributed by atoms with Crippen LogP contribution < -0.4 is 0 Å². The van der Waals surface area contributed by atoms with Crippen LogP contribution in [-0.2, 0) is 4.74 Å². The molecule has 0 rings (SSSR count). The van der Waals surface area contributed by atoms with E-state index in [-0.39, 0.29) is 0 Å². The topological polar surface area (TPSA) is 9.23 Å². The minimum Gasteiger partial charge on any atom is -0.385 e. The van der Waals surface area contributed by atoms with E-state index < -0.39 is 0 Å². The minimum atomic E-state index is 0.682. The predicted molar refractivity (Wildman–Crippen MR) is 54.8 cm³/mol. The van der Waals surface area contributed by atoms with Crippen molar-refractivity contribution in [2.24, 2.45) is 11.8 Å². The minimum absolute atomic E-state index is 0.682. The first-order valence-electron chi connectivity index (χ1n) is 4.75. The molecule has 0 amide bonds. The summed E-state index contributed by atoms with van der Waals surface area (Å²) in [7, 11) is 1.75. The number of rotatable bonds is 7. The lowest BCUT2D eigenvalue weighted by molar-refractivity contribution is 0.186. The smallest absolute Gasteiger partial charge is 0.0462 e. The summed E-state index contributed by atoms with van der Waals surface area (Å²) in [6.07, 6.45) is 3.59. The highest BCUT2D eigenvalue weighted by atomic mass is 35.5. The zero-order valence-corrected chi connectivity index (χ0v) is 9.23. The summed E-state index contributed by atoms with van der Waals surface area (Å²) in [5.74, 6) is 2.24.